The summed E-state index contributed by atoms with van der Waals surface area (Å²) in [7, 11) is 0. The predicted octanol–water partition coefficient (Wildman–Crippen LogP) is 6.42. The lowest BCUT2D eigenvalue weighted by Crippen LogP contribution is -1.82. The molecule has 0 radical (unpaired) electrons. The van der Waals surface area contributed by atoms with Crippen LogP contribution < -0.4 is 0 Å². The Morgan fingerprint density at radius 1 is 0.571 bits per heavy atom. The highest BCUT2D eigenvalue weighted by atomic mass is 79.9. The molecule has 0 aromatic heterocycles. The van der Waals surface area contributed by atoms with Crippen molar-refractivity contribution in [2.75, 3.05) is 0 Å². The topological polar surface area (TPSA) is 0 Å². The lowest BCUT2D eigenvalue weighted by atomic mass is 9.96. The first kappa shape index (κ1) is 12.6. The van der Waals surface area contributed by atoms with E-state index in [-0.39, 0.29) is 0 Å². The molecular weight excluding hydrogens is 320 g/mol. The molecule has 0 fully saturated rings. The van der Waals surface area contributed by atoms with Gasteiger partial charge >= 0.3 is 0 Å². The number of rotatable bonds is 1. The van der Waals surface area contributed by atoms with Crippen molar-refractivity contribution in [2.45, 2.75) is 0 Å². The summed E-state index contributed by atoms with van der Waals surface area (Å²) in [4.78, 5) is 0. The maximum atomic E-state index is 3.55. The monoisotopic (exact) mass is 332 g/mol. The Labute approximate surface area is 132 Å². The molecule has 4 aromatic carbocycles. The molecule has 0 nitrogen and oxygen atoms in total. The summed E-state index contributed by atoms with van der Waals surface area (Å²) < 4.78 is 1.12. The molecule has 0 aliphatic heterocycles. The molecule has 21 heavy (non-hydrogen) atoms. The Balaban J connectivity index is 1.99. The highest BCUT2D eigenvalue weighted by molar-refractivity contribution is 9.10. The second-order valence-electron chi connectivity index (χ2n) is 5.23. The van der Waals surface area contributed by atoms with Crippen LogP contribution in [-0.2, 0) is 0 Å². The Morgan fingerprint density at radius 2 is 1.38 bits per heavy atom. The largest absolute Gasteiger partial charge is 0.0616 e. The zero-order valence-electron chi connectivity index (χ0n) is 11.4. The molecule has 0 heterocycles. The van der Waals surface area contributed by atoms with Crippen molar-refractivity contribution in [3.05, 3.63) is 83.3 Å². The molecule has 0 aliphatic carbocycles. The summed E-state index contributed by atoms with van der Waals surface area (Å²) in [6.45, 7) is 0. The van der Waals surface area contributed by atoms with E-state index in [1.165, 1.54) is 32.7 Å². The van der Waals surface area contributed by atoms with Crippen LogP contribution >= 0.6 is 15.9 Å². The van der Waals surface area contributed by atoms with Crippen molar-refractivity contribution in [2.24, 2.45) is 0 Å². The van der Waals surface area contributed by atoms with Crippen LogP contribution in [0.2, 0.25) is 0 Å². The molecule has 0 spiro atoms. The van der Waals surface area contributed by atoms with Gasteiger partial charge in [0.2, 0.25) is 0 Å². The highest BCUT2D eigenvalue weighted by Gasteiger charge is 2.05. The molecule has 4 rings (SSSR count). The van der Waals surface area contributed by atoms with E-state index in [4.69, 9.17) is 0 Å². The fourth-order valence-electron chi connectivity index (χ4n) is 2.86. The quantitative estimate of drug-likeness (QED) is 0.377. The Hall–Kier alpha value is -2.12. The summed E-state index contributed by atoms with van der Waals surface area (Å²) >= 11 is 3.55. The van der Waals surface area contributed by atoms with E-state index in [0.717, 1.165) is 4.47 Å². The average molecular weight is 333 g/mol. The van der Waals surface area contributed by atoms with E-state index in [1.54, 1.807) is 0 Å². The van der Waals surface area contributed by atoms with Gasteiger partial charge in [-0.25, -0.2) is 0 Å². The smallest absolute Gasteiger partial charge is 0.0181 e. The van der Waals surface area contributed by atoms with Crippen molar-refractivity contribution in [3.8, 4) is 11.1 Å². The minimum Gasteiger partial charge on any atom is -0.0616 e. The lowest BCUT2D eigenvalue weighted by Gasteiger charge is -2.08. The third kappa shape index (κ3) is 2.24. The summed E-state index contributed by atoms with van der Waals surface area (Å²) in [5, 5.41) is 5.11. The molecule has 0 atom stereocenters. The van der Waals surface area contributed by atoms with Crippen molar-refractivity contribution in [1.29, 1.82) is 0 Å². The average Bonchev–Trinajstić information content (AvgIpc) is 2.53. The third-order valence-electron chi connectivity index (χ3n) is 3.90. The molecule has 0 saturated carbocycles. The van der Waals surface area contributed by atoms with Gasteiger partial charge in [-0.1, -0.05) is 76.6 Å². The third-order valence-corrected chi connectivity index (χ3v) is 4.40. The second-order valence-corrected chi connectivity index (χ2v) is 6.15. The normalized spacial score (nSPS) is 11.1. The number of halogens is 1. The van der Waals surface area contributed by atoms with Crippen molar-refractivity contribution in [1.82, 2.24) is 0 Å². The molecule has 0 aliphatic rings. The van der Waals surface area contributed by atoms with E-state index in [9.17, 15) is 0 Å². The van der Waals surface area contributed by atoms with Gasteiger partial charge in [0.1, 0.15) is 0 Å². The molecule has 1 heteroatoms. The molecule has 0 saturated heterocycles. The second kappa shape index (κ2) is 5.01. The summed E-state index contributed by atoms with van der Waals surface area (Å²) in [5.41, 5.74) is 2.55. The zero-order valence-corrected chi connectivity index (χ0v) is 13.0. The molecule has 0 amide bonds. The zero-order chi connectivity index (χ0) is 14.2. The van der Waals surface area contributed by atoms with Crippen LogP contribution in [0.5, 0.6) is 0 Å². The van der Waals surface area contributed by atoms with Crippen molar-refractivity contribution < 1.29 is 0 Å². The van der Waals surface area contributed by atoms with Gasteiger partial charge < -0.3 is 0 Å². The maximum absolute atomic E-state index is 3.55. The van der Waals surface area contributed by atoms with Crippen LogP contribution in [0.25, 0.3) is 32.7 Å². The van der Waals surface area contributed by atoms with Crippen LogP contribution in [-0.4, -0.2) is 0 Å². The molecule has 0 bridgehead atoms. The first-order chi connectivity index (χ1) is 10.3. The number of hydrogen-bond donors (Lipinski definition) is 0. The highest BCUT2D eigenvalue weighted by Crippen LogP contribution is 2.32. The van der Waals surface area contributed by atoms with Gasteiger partial charge in [0.25, 0.3) is 0 Å². The molecule has 0 unspecified atom stereocenters. The number of fused-ring (bicyclic) bond motifs is 2. The van der Waals surface area contributed by atoms with Crippen LogP contribution in [0.4, 0.5) is 0 Å². The first-order valence-electron chi connectivity index (χ1n) is 6.99. The summed E-state index contributed by atoms with van der Waals surface area (Å²) in [6.07, 6.45) is 0. The molecule has 100 valence electrons. The number of benzene rings is 4. The fraction of sp³-hybridized carbons (Fsp3) is 0. The van der Waals surface area contributed by atoms with Crippen LogP contribution in [0.3, 0.4) is 0 Å². The van der Waals surface area contributed by atoms with Crippen LogP contribution in [0, 0.1) is 0 Å². The van der Waals surface area contributed by atoms with Gasteiger partial charge in [-0.15, -0.1) is 0 Å². The standard InChI is InChI=1S/C20H13Br/c21-18-10-11-20-16(13-18)6-3-7-19(20)17-9-8-14-4-1-2-5-15(14)12-17/h1-13H. The van der Waals surface area contributed by atoms with E-state index >= 15 is 0 Å². The SMILES string of the molecule is Brc1ccc2c(-c3ccc4ccccc4c3)cccc2c1. The number of hydrogen-bond acceptors (Lipinski definition) is 0. The lowest BCUT2D eigenvalue weighted by molar-refractivity contribution is 1.66. The van der Waals surface area contributed by atoms with E-state index in [2.05, 4.69) is 94.8 Å². The predicted molar refractivity (Wildman–Crippen MR) is 94.6 cm³/mol. The maximum Gasteiger partial charge on any atom is 0.0181 e. The van der Waals surface area contributed by atoms with Gasteiger partial charge in [-0.3, -0.25) is 0 Å². The Kier molecular flexibility index (Phi) is 3.01. The van der Waals surface area contributed by atoms with Gasteiger partial charge in [0, 0.05) is 4.47 Å². The van der Waals surface area contributed by atoms with Gasteiger partial charge in [0.05, 0.1) is 0 Å². The van der Waals surface area contributed by atoms with Crippen molar-refractivity contribution in [3.63, 3.8) is 0 Å². The molecular formula is C20H13Br. The minimum absolute atomic E-state index is 1.12. The molecule has 0 N–H and O–H groups in total. The van der Waals surface area contributed by atoms with Gasteiger partial charge in [-0.05, 0) is 50.9 Å². The van der Waals surface area contributed by atoms with E-state index in [0.29, 0.717) is 0 Å². The van der Waals surface area contributed by atoms with Gasteiger partial charge in [-0.2, -0.15) is 0 Å². The van der Waals surface area contributed by atoms with E-state index in [1.807, 2.05) is 0 Å². The summed E-state index contributed by atoms with van der Waals surface area (Å²) in [5.74, 6) is 0. The van der Waals surface area contributed by atoms with Crippen molar-refractivity contribution >= 4 is 37.5 Å². The Morgan fingerprint density at radius 3 is 2.29 bits per heavy atom. The van der Waals surface area contributed by atoms with E-state index < -0.39 is 0 Å². The molecule has 4 aromatic rings. The van der Waals surface area contributed by atoms with Crippen LogP contribution in [0.1, 0.15) is 0 Å². The summed E-state index contributed by atoms with van der Waals surface area (Å²) in [6, 6.07) is 28.1. The Bertz CT molecular complexity index is 954. The van der Waals surface area contributed by atoms with Gasteiger partial charge in [0.15, 0.2) is 0 Å². The first-order valence-corrected chi connectivity index (χ1v) is 7.78. The fourth-order valence-corrected chi connectivity index (χ4v) is 3.24. The minimum atomic E-state index is 1.12. The van der Waals surface area contributed by atoms with Crippen LogP contribution in [0.15, 0.2) is 83.3 Å².